The summed E-state index contributed by atoms with van der Waals surface area (Å²) < 4.78 is 0. The lowest BCUT2D eigenvalue weighted by molar-refractivity contribution is -0.107. The molecule has 4 rings (SSSR count). The average molecular weight is 274 g/mol. The summed E-state index contributed by atoms with van der Waals surface area (Å²) in [6, 6.07) is 10.9. The van der Waals surface area contributed by atoms with Crippen LogP contribution < -0.4 is 10.4 Å². The Balaban J connectivity index is 2.14. The fourth-order valence-corrected chi connectivity index (χ4v) is 3.78. The quantitative estimate of drug-likeness (QED) is 0.767. The zero-order valence-electron chi connectivity index (χ0n) is 12.1. The van der Waals surface area contributed by atoms with E-state index in [1.165, 1.54) is 45.7 Å². The van der Waals surface area contributed by atoms with Gasteiger partial charge >= 0.3 is 0 Å². The molecule has 2 aliphatic rings. The van der Waals surface area contributed by atoms with Crippen molar-refractivity contribution in [1.82, 2.24) is 0 Å². The van der Waals surface area contributed by atoms with Crippen molar-refractivity contribution in [2.75, 3.05) is 0 Å². The number of carbonyl (C=O) groups excluding carboxylic acids is 1. The molecule has 0 unspecified atom stereocenters. The summed E-state index contributed by atoms with van der Waals surface area (Å²) in [6.45, 7) is 0. The molecule has 1 nitrogen and oxygen atoms in total. The van der Waals surface area contributed by atoms with Gasteiger partial charge in [0.15, 0.2) is 0 Å². The maximum atomic E-state index is 10.9. The number of hydrogen-bond acceptors (Lipinski definition) is 1. The predicted octanol–water partition coefficient (Wildman–Crippen LogP) is 2.17. The van der Waals surface area contributed by atoms with E-state index in [0.29, 0.717) is 6.42 Å². The summed E-state index contributed by atoms with van der Waals surface area (Å²) in [4.78, 5) is 10.9. The molecular formula is C20H18O. The van der Waals surface area contributed by atoms with Gasteiger partial charge in [0.1, 0.15) is 6.29 Å². The van der Waals surface area contributed by atoms with Gasteiger partial charge < -0.3 is 4.79 Å². The van der Waals surface area contributed by atoms with Gasteiger partial charge in [-0.3, -0.25) is 0 Å². The number of carbonyl (C=O) groups is 1. The molecule has 2 aromatic rings. The van der Waals surface area contributed by atoms with Crippen molar-refractivity contribution < 1.29 is 4.79 Å². The van der Waals surface area contributed by atoms with Crippen molar-refractivity contribution in [3.8, 4) is 0 Å². The highest BCUT2D eigenvalue weighted by Crippen LogP contribution is 2.17. The van der Waals surface area contributed by atoms with Gasteiger partial charge in [0.05, 0.1) is 0 Å². The first kappa shape index (κ1) is 12.6. The zero-order chi connectivity index (χ0) is 14.2. The van der Waals surface area contributed by atoms with Crippen LogP contribution in [0.15, 0.2) is 30.3 Å². The molecule has 0 amide bonds. The molecule has 0 N–H and O–H groups in total. The smallest absolute Gasteiger partial charge is 0.124 e. The predicted molar refractivity (Wildman–Crippen MR) is 85.1 cm³/mol. The van der Waals surface area contributed by atoms with Gasteiger partial charge in [0, 0.05) is 6.42 Å². The fourth-order valence-electron chi connectivity index (χ4n) is 3.78. The van der Waals surface area contributed by atoms with Gasteiger partial charge in [-0.05, 0) is 63.2 Å². The van der Waals surface area contributed by atoms with Crippen molar-refractivity contribution in [3.63, 3.8) is 0 Å². The van der Waals surface area contributed by atoms with Crippen LogP contribution in [0.2, 0.25) is 0 Å². The Kier molecular flexibility index (Phi) is 2.99. The Hall–Kier alpha value is -2.15. The van der Waals surface area contributed by atoms with E-state index in [4.69, 9.17) is 0 Å². The molecule has 0 bridgehead atoms. The number of hydrogen-bond donors (Lipinski definition) is 0. The highest BCUT2D eigenvalue weighted by molar-refractivity contribution is 5.57. The summed E-state index contributed by atoms with van der Waals surface area (Å²) in [6.07, 6.45) is 10.9. The number of benzene rings is 2. The van der Waals surface area contributed by atoms with E-state index in [-0.39, 0.29) is 0 Å². The number of aldehydes is 1. The lowest BCUT2D eigenvalue weighted by Gasteiger charge is -2.16. The lowest BCUT2D eigenvalue weighted by Crippen LogP contribution is -2.21. The van der Waals surface area contributed by atoms with Gasteiger partial charge in [0.25, 0.3) is 0 Å². The van der Waals surface area contributed by atoms with Crippen LogP contribution in [0.5, 0.6) is 0 Å². The molecular weight excluding hydrogens is 256 g/mol. The Bertz CT molecular complexity index is 935. The topological polar surface area (TPSA) is 17.1 Å². The van der Waals surface area contributed by atoms with E-state index in [9.17, 15) is 4.79 Å². The van der Waals surface area contributed by atoms with Crippen LogP contribution in [0, 0.1) is 10.4 Å². The van der Waals surface area contributed by atoms with Crippen LogP contribution in [0.25, 0.3) is 12.2 Å². The summed E-state index contributed by atoms with van der Waals surface area (Å²) in [7, 11) is 0. The molecule has 1 heteroatoms. The third-order valence-corrected chi connectivity index (χ3v) is 4.76. The SMILES string of the molecule is O=CCc1cccc2c1=CCc1c3c(ccc1=2)=CCCC3. The molecule has 2 aliphatic carbocycles. The van der Waals surface area contributed by atoms with Gasteiger partial charge in [-0.1, -0.05) is 42.5 Å². The van der Waals surface area contributed by atoms with Crippen molar-refractivity contribution in [2.24, 2.45) is 0 Å². The molecule has 0 heterocycles. The molecule has 0 spiro atoms. The normalized spacial score (nSPS) is 15.0. The molecule has 0 atom stereocenters. The van der Waals surface area contributed by atoms with Gasteiger partial charge in [-0.25, -0.2) is 0 Å². The monoisotopic (exact) mass is 274 g/mol. The third kappa shape index (κ3) is 1.96. The van der Waals surface area contributed by atoms with E-state index in [1.807, 2.05) is 0 Å². The second-order valence-corrected chi connectivity index (χ2v) is 5.91. The molecule has 2 aromatic carbocycles. The number of fused-ring (bicyclic) bond motifs is 4. The minimum Gasteiger partial charge on any atom is -0.303 e. The first-order valence-electron chi connectivity index (χ1n) is 7.75. The van der Waals surface area contributed by atoms with Crippen LogP contribution in [-0.4, -0.2) is 6.29 Å². The highest BCUT2D eigenvalue weighted by atomic mass is 16.1. The molecule has 104 valence electrons. The second kappa shape index (κ2) is 5.00. The molecule has 0 radical (unpaired) electrons. The van der Waals surface area contributed by atoms with Crippen molar-refractivity contribution in [3.05, 3.63) is 67.9 Å². The van der Waals surface area contributed by atoms with E-state index in [1.54, 1.807) is 5.56 Å². The highest BCUT2D eigenvalue weighted by Gasteiger charge is 2.12. The average Bonchev–Trinajstić information content (AvgIpc) is 2.55. The standard InChI is InChI=1S/C20H18O/c21-13-12-15-5-3-7-18-17(15)10-11-19-16-6-2-1-4-14(16)8-9-20(18)19/h3-5,7-10,13H,1-2,6,11-12H2. The van der Waals surface area contributed by atoms with E-state index in [0.717, 1.165) is 18.3 Å². The van der Waals surface area contributed by atoms with Crippen molar-refractivity contribution >= 4 is 18.4 Å². The third-order valence-electron chi connectivity index (χ3n) is 4.76. The Labute approximate surface area is 123 Å². The fraction of sp³-hybridized carbons (Fsp3) is 0.250. The van der Waals surface area contributed by atoms with Crippen LogP contribution in [0.4, 0.5) is 0 Å². The largest absolute Gasteiger partial charge is 0.303 e. The molecule has 0 aliphatic heterocycles. The first-order valence-corrected chi connectivity index (χ1v) is 7.75. The maximum absolute atomic E-state index is 10.9. The zero-order valence-corrected chi connectivity index (χ0v) is 12.1. The number of rotatable bonds is 2. The summed E-state index contributed by atoms with van der Waals surface area (Å²) >= 11 is 0. The molecule has 0 aromatic heterocycles. The van der Waals surface area contributed by atoms with E-state index in [2.05, 4.69) is 42.5 Å². The maximum Gasteiger partial charge on any atom is 0.124 e. The van der Waals surface area contributed by atoms with Crippen LogP contribution >= 0.6 is 0 Å². The van der Waals surface area contributed by atoms with Gasteiger partial charge in [-0.2, -0.15) is 0 Å². The lowest BCUT2D eigenvalue weighted by atomic mass is 9.88. The van der Waals surface area contributed by atoms with Crippen LogP contribution in [0.1, 0.15) is 29.5 Å². The summed E-state index contributed by atoms with van der Waals surface area (Å²) in [5.41, 5.74) is 4.19. The van der Waals surface area contributed by atoms with Crippen molar-refractivity contribution in [1.29, 1.82) is 0 Å². The first-order chi connectivity index (χ1) is 10.4. The minimum atomic E-state index is 0.508. The Morgan fingerprint density at radius 3 is 2.86 bits per heavy atom. The molecule has 0 fully saturated rings. The van der Waals surface area contributed by atoms with Gasteiger partial charge in [-0.15, -0.1) is 0 Å². The molecule has 0 saturated heterocycles. The van der Waals surface area contributed by atoms with E-state index < -0.39 is 0 Å². The Morgan fingerprint density at radius 1 is 1.00 bits per heavy atom. The minimum absolute atomic E-state index is 0.508. The van der Waals surface area contributed by atoms with E-state index >= 15 is 0 Å². The molecule has 21 heavy (non-hydrogen) atoms. The summed E-state index contributed by atoms with van der Waals surface area (Å²) in [5, 5.41) is 5.36. The summed E-state index contributed by atoms with van der Waals surface area (Å²) in [5.74, 6) is 0. The van der Waals surface area contributed by atoms with Crippen LogP contribution in [-0.2, 0) is 24.1 Å². The molecule has 0 saturated carbocycles. The second-order valence-electron chi connectivity index (χ2n) is 5.91. The van der Waals surface area contributed by atoms with Gasteiger partial charge in [0.2, 0.25) is 0 Å². The van der Waals surface area contributed by atoms with Crippen LogP contribution in [0.3, 0.4) is 0 Å². The Morgan fingerprint density at radius 2 is 1.95 bits per heavy atom. The van der Waals surface area contributed by atoms with Crippen molar-refractivity contribution in [2.45, 2.75) is 32.1 Å².